The number of benzene rings is 1. The van der Waals surface area contributed by atoms with E-state index >= 15 is 0 Å². The number of nitrogens with one attached hydrogen (secondary N) is 1. The first-order valence-electron chi connectivity index (χ1n) is 11.6. The van der Waals surface area contributed by atoms with E-state index in [1.165, 1.54) is 6.20 Å². The predicted molar refractivity (Wildman–Crippen MR) is 130 cm³/mol. The van der Waals surface area contributed by atoms with Crippen LogP contribution in [-0.2, 0) is 11.3 Å². The molecule has 0 aliphatic carbocycles. The maximum atomic E-state index is 13.9. The third kappa shape index (κ3) is 6.55. The number of pyridine rings is 1. The van der Waals surface area contributed by atoms with E-state index in [9.17, 15) is 14.0 Å². The Labute approximate surface area is 205 Å². The number of rotatable bonds is 4. The number of ether oxygens (including phenoxy) is 1. The van der Waals surface area contributed by atoms with Crippen LogP contribution in [0.5, 0.6) is 0 Å². The summed E-state index contributed by atoms with van der Waals surface area (Å²) in [6.07, 6.45) is 0.893. The monoisotopic (exact) mass is 481 g/mol. The Morgan fingerprint density at radius 2 is 1.97 bits per heavy atom. The van der Waals surface area contributed by atoms with Crippen molar-refractivity contribution < 1.29 is 18.7 Å². The Morgan fingerprint density at radius 1 is 1.26 bits per heavy atom. The Hall–Kier alpha value is -3.51. The number of aromatic nitrogens is 1. The van der Waals surface area contributed by atoms with Crippen LogP contribution < -0.4 is 5.32 Å². The maximum absolute atomic E-state index is 13.9. The normalized spacial score (nSPS) is 16.5. The van der Waals surface area contributed by atoms with Crippen LogP contribution in [0.4, 0.5) is 14.9 Å². The fourth-order valence-corrected chi connectivity index (χ4v) is 4.08. The molecule has 1 atom stereocenters. The second kappa shape index (κ2) is 10.4. The van der Waals surface area contributed by atoms with Crippen molar-refractivity contribution in [2.24, 2.45) is 0 Å². The standard InChI is InChI=1S/C26H32FN5O3/c1-16-9-20(15-31-7-8-32(17(2)14-31)25(34)35-26(4,5)6)18(3)22(10-16)30-24(33)19-11-21(27)23(12-28)29-13-19/h9-11,13,17H,7-8,14-15H2,1-6H3,(H,30,33)/t17-/m0/s1. The fourth-order valence-electron chi connectivity index (χ4n) is 4.08. The number of nitrogens with zero attached hydrogens (tertiary/aromatic N) is 4. The number of halogens is 1. The molecule has 1 fully saturated rings. The Bertz CT molecular complexity index is 1170. The summed E-state index contributed by atoms with van der Waals surface area (Å²) < 4.78 is 19.4. The van der Waals surface area contributed by atoms with E-state index in [1.54, 1.807) is 11.0 Å². The lowest BCUT2D eigenvalue weighted by Gasteiger charge is -2.40. The molecule has 9 heteroatoms. The molecule has 0 bridgehead atoms. The maximum Gasteiger partial charge on any atom is 0.410 e. The number of anilines is 1. The number of nitriles is 1. The second-order valence-electron chi connectivity index (χ2n) is 9.97. The fraction of sp³-hybridized carbons (Fsp3) is 0.462. The minimum Gasteiger partial charge on any atom is -0.444 e. The van der Waals surface area contributed by atoms with Gasteiger partial charge in [-0.15, -0.1) is 0 Å². The Balaban J connectivity index is 1.70. The van der Waals surface area contributed by atoms with Crippen LogP contribution in [-0.4, -0.2) is 58.1 Å². The molecule has 3 rings (SSSR count). The van der Waals surface area contributed by atoms with Crippen LogP contribution in [0, 0.1) is 31.0 Å². The SMILES string of the molecule is Cc1cc(CN2CCN(C(=O)OC(C)(C)C)[C@@H](C)C2)c(C)c(NC(=O)c2cnc(C#N)c(F)c2)c1. The largest absolute Gasteiger partial charge is 0.444 e. The van der Waals surface area contributed by atoms with Crippen LogP contribution in [0.15, 0.2) is 24.4 Å². The zero-order chi connectivity index (χ0) is 25.9. The highest BCUT2D eigenvalue weighted by molar-refractivity contribution is 6.04. The molecule has 35 heavy (non-hydrogen) atoms. The summed E-state index contributed by atoms with van der Waals surface area (Å²) in [6.45, 7) is 14.1. The van der Waals surface area contributed by atoms with E-state index in [2.05, 4.69) is 21.3 Å². The van der Waals surface area contributed by atoms with Gasteiger partial charge < -0.3 is 15.0 Å². The summed E-state index contributed by atoms with van der Waals surface area (Å²) in [5, 5.41) is 11.7. The van der Waals surface area contributed by atoms with Crippen molar-refractivity contribution in [2.45, 2.75) is 59.7 Å². The Kier molecular flexibility index (Phi) is 7.76. The third-order valence-electron chi connectivity index (χ3n) is 5.85. The molecule has 1 aliphatic rings. The van der Waals surface area contributed by atoms with Crippen molar-refractivity contribution >= 4 is 17.7 Å². The van der Waals surface area contributed by atoms with Crippen molar-refractivity contribution in [3.63, 3.8) is 0 Å². The lowest BCUT2D eigenvalue weighted by atomic mass is 10.0. The van der Waals surface area contributed by atoms with E-state index in [0.29, 0.717) is 31.9 Å². The predicted octanol–water partition coefficient (Wildman–Crippen LogP) is 4.40. The number of carbonyl (C=O) groups excluding carboxylic acids is 2. The van der Waals surface area contributed by atoms with E-state index in [4.69, 9.17) is 10.00 Å². The summed E-state index contributed by atoms with van der Waals surface area (Å²) in [5.41, 5.74) is 2.73. The molecule has 186 valence electrons. The van der Waals surface area contributed by atoms with Crippen molar-refractivity contribution in [3.8, 4) is 6.07 Å². The lowest BCUT2D eigenvalue weighted by Crippen LogP contribution is -2.54. The zero-order valence-corrected chi connectivity index (χ0v) is 21.1. The molecular weight excluding hydrogens is 449 g/mol. The molecule has 2 heterocycles. The quantitative estimate of drug-likeness (QED) is 0.695. The molecule has 1 N–H and O–H groups in total. The van der Waals surface area contributed by atoms with E-state index < -0.39 is 17.3 Å². The average Bonchev–Trinajstić information content (AvgIpc) is 2.75. The highest BCUT2D eigenvalue weighted by atomic mass is 19.1. The molecule has 8 nitrogen and oxygen atoms in total. The molecule has 0 saturated carbocycles. The van der Waals surface area contributed by atoms with Gasteiger partial charge >= 0.3 is 6.09 Å². The lowest BCUT2D eigenvalue weighted by molar-refractivity contribution is 0.000533. The first-order chi connectivity index (χ1) is 16.4. The van der Waals surface area contributed by atoms with Gasteiger partial charge in [-0.2, -0.15) is 5.26 Å². The molecule has 1 aromatic carbocycles. The van der Waals surface area contributed by atoms with Gasteiger partial charge in [0, 0.05) is 44.1 Å². The van der Waals surface area contributed by atoms with Gasteiger partial charge in [0.2, 0.25) is 0 Å². The first-order valence-corrected chi connectivity index (χ1v) is 11.6. The van der Waals surface area contributed by atoms with Gasteiger partial charge in [-0.05, 0) is 70.4 Å². The summed E-state index contributed by atoms with van der Waals surface area (Å²) >= 11 is 0. The van der Waals surface area contributed by atoms with Gasteiger partial charge in [-0.25, -0.2) is 14.2 Å². The average molecular weight is 482 g/mol. The summed E-state index contributed by atoms with van der Waals surface area (Å²) in [4.78, 5) is 33.0. The third-order valence-corrected chi connectivity index (χ3v) is 5.85. The Morgan fingerprint density at radius 3 is 2.57 bits per heavy atom. The summed E-state index contributed by atoms with van der Waals surface area (Å²) in [5.74, 6) is -1.33. The zero-order valence-electron chi connectivity index (χ0n) is 21.1. The number of carbonyl (C=O) groups is 2. The highest BCUT2D eigenvalue weighted by Gasteiger charge is 2.31. The number of hydrogen-bond donors (Lipinski definition) is 1. The van der Waals surface area contributed by atoms with Gasteiger partial charge in [-0.1, -0.05) is 6.07 Å². The smallest absolute Gasteiger partial charge is 0.410 e. The van der Waals surface area contributed by atoms with E-state index in [-0.39, 0.29) is 23.4 Å². The first kappa shape index (κ1) is 26.1. The van der Waals surface area contributed by atoms with Crippen LogP contribution in [0.2, 0.25) is 0 Å². The second-order valence-corrected chi connectivity index (χ2v) is 9.97. The van der Waals surface area contributed by atoms with Crippen LogP contribution in [0.3, 0.4) is 0 Å². The molecule has 2 aromatic rings. The number of aryl methyl sites for hydroxylation is 1. The highest BCUT2D eigenvalue weighted by Crippen LogP contribution is 2.25. The molecule has 0 spiro atoms. The van der Waals surface area contributed by atoms with E-state index in [1.807, 2.05) is 47.6 Å². The molecule has 1 saturated heterocycles. The number of amides is 2. The van der Waals surface area contributed by atoms with E-state index in [0.717, 1.165) is 22.8 Å². The van der Waals surface area contributed by atoms with Crippen molar-refractivity contribution in [3.05, 3.63) is 58.2 Å². The topological polar surface area (TPSA) is 98.6 Å². The van der Waals surface area contributed by atoms with Crippen molar-refractivity contribution in [2.75, 3.05) is 25.0 Å². The molecule has 1 aliphatic heterocycles. The van der Waals surface area contributed by atoms with Crippen LogP contribution >= 0.6 is 0 Å². The molecule has 2 amide bonds. The van der Waals surface area contributed by atoms with Gasteiger partial charge in [0.25, 0.3) is 5.91 Å². The minimum absolute atomic E-state index is 0.00154. The van der Waals surface area contributed by atoms with Crippen molar-refractivity contribution in [1.82, 2.24) is 14.8 Å². The summed E-state index contributed by atoms with van der Waals surface area (Å²) in [7, 11) is 0. The van der Waals surface area contributed by atoms with Crippen LogP contribution in [0.25, 0.3) is 0 Å². The minimum atomic E-state index is -0.832. The molecular formula is C26H32FN5O3. The number of piperazine rings is 1. The molecule has 0 unspecified atom stereocenters. The summed E-state index contributed by atoms with van der Waals surface area (Å²) in [6, 6.07) is 6.61. The van der Waals surface area contributed by atoms with Crippen LogP contribution in [0.1, 0.15) is 60.4 Å². The van der Waals surface area contributed by atoms with Gasteiger partial charge in [-0.3, -0.25) is 9.69 Å². The van der Waals surface area contributed by atoms with Gasteiger partial charge in [0.05, 0.1) is 5.56 Å². The van der Waals surface area contributed by atoms with Gasteiger partial charge in [0.1, 0.15) is 11.7 Å². The molecule has 1 aromatic heterocycles. The molecule has 0 radical (unpaired) electrons. The van der Waals surface area contributed by atoms with Crippen molar-refractivity contribution in [1.29, 1.82) is 5.26 Å². The number of hydrogen-bond acceptors (Lipinski definition) is 6. The van der Waals surface area contributed by atoms with Gasteiger partial charge in [0.15, 0.2) is 11.5 Å².